The third-order valence-electron chi connectivity index (χ3n) is 7.11. The smallest absolute Gasteiger partial charge is 0.333 e. The standard InChI is InChI=1S/4C10H14O5.3C3H8O.Ti/c4*1-6(2)10(14)15-5-4-8(7(3)11)9(12)13;3*1-3(2)4;/h4*8H,1,4-5H2,2-3H3,(H,12,13);3*3-4H,1-2H3;. The summed E-state index contributed by atoms with van der Waals surface area (Å²) >= 11 is 0. The molecule has 23 nitrogen and oxygen atoms in total. The first-order chi connectivity index (χ1) is 32.6. The van der Waals surface area contributed by atoms with Gasteiger partial charge in [0.25, 0.3) is 0 Å². The molecule has 418 valence electrons. The Labute approximate surface area is 442 Å². The van der Waals surface area contributed by atoms with Gasteiger partial charge < -0.3 is 54.7 Å². The summed E-state index contributed by atoms with van der Waals surface area (Å²) in [5, 5.41) is 58.7. The Balaban J connectivity index is -0.000000119. The number of hydrogen-bond acceptors (Lipinski definition) is 19. The third-order valence-corrected chi connectivity index (χ3v) is 7.11. The Bertz CT molecular complexity index is 1490. The van der Waals surface area contributed by atoms with Crippen LogP contribution in [0.4, 0.5) is 0 Å². The van der Waals surface area contributed by atoms with E-state index in [1.165, 1.54) is 55.4 Å². The number of ether oxygens (including phenoxy) is 4. The van der Waals surface area contributed by atoms with Crippen LogP contribution in [-0.2, 0) is 98.2 Å². The Hall–Kier alpha value is -6.01. The number of hydrogen-bond donors (Lipinski definition) is 7. The molecule has 0 saturated carbocycles. The molecule has 0 aliphatic carbocycles. The Morgan fingerprint density at radius 1 is 0.329 bits per heavy atom. The van der Waals surface area contributed by atoms with Crippen molar-refractivity contribution in [3.63, 3.8) is 0 Å². The van der Waals surface area contributed by atoms with Gasteiger partial charge in [0, 0.05) is 88.0 Å². The first kappa shape index (κ1) is 83.8. The van der Waals surface area contributed by atoms with Gasteiger partial charge in [-0.15, -0.1) is 0 Å². The summed E-state index contributed by atoms with van der Waals surface area (Å²) in [5.74, 6) is -13.4. The van der Waals surface area contributed by atoms with E-state index >= 15 is 0 Å². The van der Waals surface area contributed by atoms with Crippen molar-refractivity contribution in [1.82, 2.24) is 0 Å². The van der Waals surface area contributed by atoms with E-state index < -0.39 is 94.6 Å². The molecule has 0 saturated heterocycles. The molecule has 0 aliphatic rings. The van der Waals surface area contributed by atoms with Crippen molar-refractivity contribution in [2.24, 2.45) is 23.7 Å². The summed E-state index contributed by atoms with van der Waals surface area (Å²) in [7, 11) is 0. The summed E-state index contributed by atoms with van der Waals surface area (Å²) < 4.78 is 18.7. The molecular weight excluding hydrogens is 1000 g/mol. The number of Topliss-reactive ketones (excluding diaryl/α,β-unsaturated/α-hetero) is 4. The van der Waals surface area contributed by atoms with E-state index in [1.54, 1.807) is 41.5 Å². The van der Waals surface area contributed by atoms with Gasteiger partial charge in [-0.2, -0.15) is 0 Å². The molecule has 24 heteroatoms. The fourth-order valence-electron chi connectivity index (χ4n) is 3.57. The predicted octanol–water partition coefficient (Wildman–Crippen LogP) is 4.30. The summed E-state index contributed by atoms with van der Waals surface area (Å²) in [5.41, 5.74) is 0.962. The molecule has 0 fully saturated rings. The molecule has 0 radical (unpaired) electrons. The molecule has 4 unspecified atom stereocenters. The van der Waals surface area contributed by atoms with Crippen LogP contribution in [-0.4, -0.2) is 151 Å². The van der Waals surface area contributed by atoms with Gasteiger partial charge in [0.2, 0.25) is 0 Å². The van der Waals surface area contributed by atoms with E-state index in [0.29, 0.717) is 0 Å². The van der Waals surface area contributed by atoms with Crippen molar-refractivity contribution in [3.05, 3.63) is 48.6 Å². The Kier molecular flexibility index (Phi) is 56.9. The van der Waals surface area contributed by atoms with Crippen LogP contribution < -0.4 is 0 Å². The molecule has 73 heavy (non-hydrogen) atoms. The zero-order valence-electron chi connectivity index (χ0n) is 44.7. The van der Waals surface area contributed by atoms with Crippen LogP contribution in [0.5, 0.6) is 0 Å². The molecule has 0 rings (SSSR count). The maximum absolute atomic E-state index is 10.9. The topological polar surface area (TPSA) is 383 Å². The largest absolute Gasteiger partial charge is 0.481 e. The summed E-state index contributed by atoms with van der Waals surface area (Å²) in [6, 6.07) is 0. The van der Waals surface area contributed by atoms with E-state index in [2.05, 4.69) is 45.3 Å². The number of carbonyl (C=O) groups is 12. The predicted molar refractivity (Wildman–Crippen MR) is 261 cm³/mol. The van der Waals surface area contributed by atoms with Crippen molar-refractivity contribution in [3.8, 4) is 0 Å². The molecule has 0 spiro atoms. The Morgan fingerprint density at radius 2 is 0.438 bits per heavy atom. The van der Waals surface area contributed by atoms with E-state index in [1.807, 2.05) is 0 Å². The third kappa shape index (κ3) is 62.1. The van der Waals surface area contributed by atoms with Gasteiger partial charge in [-0.05, 0) is 96.9 Å². The van der Waals surface area contributed by atoms with Crippen LogP contribution in [0.25, 0.3) is 0 Å². The molecular formula is C49H80O23Ti. The second-order valence-corrected chi connectivity index (χ2v) is 16.1. The van der Waals surface area contributed by atoms with Crippen LogP contribution in [0.15, 0.2) is 48.6 Å². The SMILES string of the molecule is C=C(C)C(=O)OCCC(C(C)=O)C(=O)O.C=C(C)C(=O)OCCC(C(C)=O)C(=O)O.C=C(C)C(=O)OCCC(C(C)=O)C(=O)O.C=C(C)C(=O)OCCC(C(C)=O)C(=O)O.CC(C)O.CC(C)O.CC(C)O.[Ti]. The molecule has 0 bridgehead atoms. The number of aliphatic hydroxyl groups is 3. The van der Waals surface area contributed by atoms with Crippen molar-refractivity contribution in [2.75, 3.05) is 26.4 Å². The number of aliphatic hydroxyl groups excluding tert-OH is 3. The fourth-order valence-corrected chi connectivity index (χ4v) is 3.57. The first-order valence-corrected chi connectivity index (χ1v) is 21.9. The van der Waals surface area contributed by atoms with Crippen molar-refractivity contribution >= 4 is 70.9 Å². The molecule has 0 heterocycles. The number of ketones is 4. The van der Waals surface area contributed by atoms with Gasteiger partial charge in [-0.25, -0.2) is 19.2 Å². The van der Waals surface area contributed by atoms with Crippen LogP contribution in [0.2, 0.25) is 0 Å². The summed E-state index contributed by atoms with van der Waals surface area (Å²) in [4.78, 5) is 129. The number of carboxylic acids is 4. The molecule has 0 aliphatic heterocycles. The van der Waals surface area contributed by atoms with E-state index in [-0.39, 0.29) is 114 Å². The van der Waals surface area contributed by atoms with E-state index in [0.717, 1.165) is 0 Å². The van der Waals surface area contributed by atoms with Gasteiger partial charge >= 0.3 is 47.8 Å². The molecule has 0 aromatic carbocycles. The number of carbonyl (C=O) groups excluding carboxylic acids is 8. The molecule has 0 aromatic rings. The van der Waals surface area contributed by atoms with Gasteiger partial charge in [0.1, 0.15) is 46.8 Å². The van der Waals surface area contributed by atoms with Crippen LogP contribution in [0.3, 0.4) is 0 Å². The molecule has 0 amide bonds. The maximum atomic E-state index is 10.9. The average molecular weight is 1090 g/mol. The van der Waals surface area contributed by atoms with Gasteiger partial charge in [-0.3, -0.25) is 38.4 Å². The second kappa shape index (κ2) is 49.6. The van der Waals surface area contributed by atoms with Crippen molar-refractivity contribution in [2.45, 2.75) is 141 Å². The van der Waals surface area contributed by atoms with Crippen LogP contribution in [0, 0.1) is 23.7 Å². The zero-order valence-corrected chi connectivity index (χ0v) is 46.3. The van der Waals surface area contributed by atoms with Crippen molar-refractivity contribution < 1.29 is 134 Å². The van der Waals surface area contributed by atoms with Gasteiger partial charge in [0.15, 0.2) is 0 Å². The quantitative estimate of drug-likeness (QED) is 0.0233. The summed E-state index contributed by atoms with van der Waals surface area (Å²) in [6.07, 6.45) is -0.541. The average Bonchev–Trinajstić information content (AvgIpc) is 3.19. The molecule has 0 aromatic heterocycles. The minimum absolute atomic E-state index is 0. The normalized spacial score (nSPS) is 11.0. The maximum Gasteiger partial charge on any atom is 0.333 e. The number of aliphatic carboxylic acids is 4. The minimum atomic E-state index is -1.20. The van der Waals surface area contributed by atoms with Crippen LogP contribution in [0.1, 0.15) is 123 Å². The van der Waals surface area contributed by atoms with Gasteiger partial charge in [0.05, 0.1) is 26.4 Å². The minimum Gasteiger partial charge on any atom is -0.481 e. The zero-order chi connectivity index (χ0) is 58.8. The van der Waals surface area contributed by atoms with Crippen LogP contribution >= 0.6 is 0 Å². The van der Waals surface area contributed by atoms with Crippen molar-refractivity contribution in [1.29, 1.82) is 0 Å². The molecule has 7 N–H and O–H groups in total. The first-order valence-electron chi connectivity index (χ1n) is 21.9. The molecule has 4 atom stereocenters. The van der Waals surface area contributed by atoms with E-state index in [4.69, 9.17) is 35.7 Å². The van der Waals surface area contributed by atoms with E-state index in [9.17, 15) is 57.5 Å². The fraction of sp³-hybridized carbons (Fsp3) is 0.592. The monoisotopic (exact) mass is 1080 g/mol. The Morgan fingerprint density at radius 3 is 0.507 bits per heavy atom. The second-order valence-electron chi connectivity index (χ2n) is 16.1. The van der Waals surface area contributed by atoms with Gasteiger partial charge in [-0.1, -0.05) is 26.3 Å². The number of rotatable bonds is 24. The number of carboxylic acid groups (broad SMARTS) is 4. The summed E-state index contributed by atoms with van der Waals surface area (Å²) in [6.45, 7) is 34.1. The number of esters is 4.